The van der Waals surface area contributed by atoms with Crippen molar-refractivity contribution in [3.8, 4) is 5.75 Å². The van der Waals surface area contributed by atoms with Crippen molar-refractivity contribution in [2.24, 2.45) is 5.92 Å². The van der Waals surface area contributed by atoms with Crippen molar-refractivity contribution in [2.45, 2.75) is 31.8 Å². The number of piperidine rings is 1. The summed E-state index contributed by atoms with van der Waals surface area (Å²) in [4.78, 5) is 41.4. The second kappa shape index (κ2) is 9.31. The molecule has 3 amide bonds. The van der Waals surface area contributed by atoms with E-state index in [-0.39, 0.29) is 30.1 Å². The molecule has 0 saturated carbocycles. The van der Waals surface area contributed by atoms with Crippen LogP contribution in [0.15, 0.2) is 54.6 Å². The summed E-state index contributed by atoms with van der Waals surface area (Å²) in [6, 6.07) is 16.3. The van der Waals surface area contributed by atoms with Crippen LogP contribution in [-0.4, -0.2) is 48.9 Å². The fraction of sp³-hybridized carbons (Fsp3) is 0.375. The highest BCUT2D eigenvalue weighted by atomic mass is 16.5. The number of carbonyl (C=O) groups is 3. The number of ether oxygens (including phenoxy) is 1. The van der Waals surface area contributed by atoms with Gasteiger partial charge in [0.15, 0.2) is 0 Å². The summed E-state index contributed by atoms with van der Waals surface area (Å²) in [5.74, 6) is 0.277. The van der Waals surface area contributed by atoms with Crippen LogP contribution in [0.3, 0.4) is 0 Å². The molecule has 1 N–H and O–H groups in total. The number of rotatable bonds is 6. The van der Waals surface area contributed by atoms with E-state index in [1.807, 2.05) is 35.2 Å². The zero-order valence-electron chi connectivity index (χ0n) is 17.6. The molecule has 1 atom stereocenters. The lowest BCUT2D eigenvalue weighted by Crippen LogP contribution is -2.48. The minimum Gasteiger partial charge on any atom is -0.497 e. The minimum absolute atomic E-state index is 0.0530. The highest BCUT2D eigenvalue weighted by Gasteiger charge is 2.43. The van der Waals surface area contributed by atoms with Gasteiger partial charge in [0.05, 0.1) is 25.3 Å². The lowest BCUT2D eigenvalue weighted by molar-refractivity contribution is -0.127. The summed E-state index contributed by atoms with van der Waals surface area (Å²) in [6.07, 6.45) is 1.54. The minimum atomic E-state index is -0.456. The van der Waals surface area contributed by atoms with Crippen molar-refractivity contribution in [2.75, 3.05) is 25.1 Å². The normalized spacial score (nSPS) is 20.2. The van der Waals surface area contributed by atoms with Gasteiger partial charge in [0.1, 0.15) is 5.75 Å². The van der Waals surface area contributed by atoms with Gasteiger partial charge in [0.2, 0.25) is 11.8 Å². The van der Waals surface area contributed by atoms with Gasteiger partial charge in [-0.2, -0.15) is 0 Å². The van der Waals surface area contributed by atoms with Crippen molar-refractivity contribution >= 4 is 23.4 Å². The Morgan fingerprint density at radius 2 is 1.71 bits per heavy atom. The number of carbonyl (C=O) groups excluding carboxylic acids is 3. The number of benzene rings is 2. The van der Waals surface area contributed by atoms with Gasteiger partial charge in [-0.25, -0.2) is 4.90 Å². The maximum atomic E-state index is 13.0. The number of hydrogen-bond donors (Lipinski definition) is 1. The molecule has 0 aromatic heterocycles. The Balaban J connectivity index is 1.31. The lowest BCUT2D eigenvalue weighted by atomic mass is 9.94. The number of likely N-dealkylation sites (tertiary alicyclic amines) is 1. The predicted octanol–water partition coefficient (Wildman–Crippen LogP) is 2.36. The third-order valence-corrected chi connectivity index (χ3v) is 6.10. The molecule has 2 aliphatic heterocycles. The summed E-state index contributed by atoms with van der Waals surface area (Å²) in [5, 5.41) is 3.01. The molecule has 7 nitrogen and oxygen atoms in total. The van der Waals surface area contributed by atoms with Gasteiger partial charge in [-0.15, -0.1) is 0 Å². The first kappa shape index (κ1) is 21.1. The molecule has 2 heterocycles. The van der Waals surface area contributed by atoms with Crippen LogP contribution in [0.4, 0.5) is 5.69 Å². The Labute approximate surface area is 182 Å². The largest absolute Gasteiger partial charge is 0.497 e. The topological polar surface area (TPSA) is 79.0 Å². The second-order valence-corrected chi connectivity index (χ2v) is 8.00. The Kier molecular flexibility index (Phi) is 6.32. The number of anilines is 1. The van der Waals surface area contributed by atoms with Crippen molar-refractivity contribution in [3.63, 3.8) is 0 Å². The average Bonchev–Trinajstić information content (AvgIpc) is 3.12. The summed E-state index contributed by atoms with van der Waals surface area (Å²) < 4.78 is 5.14. The highest BCUT2D eigenvalue weighted by Crippen LogP contribution is 2.29. The molecule has 7 heteroatoms. The van der Waals surface area contributed by atoms with Crippen molar-refractivity contribution < 1.29 is 19.1 Å². The number of methoxy groups -OCH3 is 1. The van der Waals surface area contributed by atoms with Crippen LogP contribution in [-0.2, 0) is 20.9 Å². The Hall–Kier alpha value is -3.19. The van der Waals surface area contributed by atoms with Gasteiger partial charge in [0.25, 0.3) is 5.91 Å². The second-order valence-electron chi connectivity index (χ2n) is 8.00. The molecule has 0 radical (unpaired) electrons. The predicted molar refractivity (Wildman–Crippen MR) is 116 cm³/mol. The standard InChI is InChI=1S/C24H27N3O4/c1-31-20-9-7-19(8-10-20)27-22(28)15-21(24(27)30)26-13-11-18(12-14-26)23(29)25-16-17-5-3-2-4-6-17/h2-10,18,21H,11-16H2,1H3,(H,25,29). The molecule has 4 rings (SSSR count). The van der Waals surface area contributed by atoms with Gasteiger partial charge in [-0.1, -0.05) is 30.3 Å². The van der Waals surface area contributed by atoms with Crippen molar-refractivity contribution in [1.82, 2.24) is 10.2 Å². The summed E-state index contributed by atoms with van der Waals surface area (Å²) in [7, 11) is 1.57. The fourth-order valence-electron chi connectivity index (χ4n) is 4.31. The molecule has 2 aromatic rings. The third-order valence-electron chi connectivity index (χ3n) is 6.10. The Morgan fingerprint density at radius 3 is 2.35 bits per heavy atom. The molecule has 2 aliphatic rings. The highest BCUT2D eigenvalue weighted by molar-refractivity contribution is 6.22. The van der Waals surface area contributed by atoms with E-state index in [9.17, 15) is 14.4 Å². The fourth-order valence-corrected chi connectivity index (χ4v) is 4.31. The zero-order valence-corrected chi connectivity index (χ0v) is 17.6. The van der Waals surface area contributed by atoms with Gasteiger partial charge in [-0.3, -0.25) is 19.3 Å². The maximum Gasteiger partial charge on any atom is 0.251 e. The van der Waals surface area contributed by atoms with E-state index >= 15 is 0 Å². The summed E-state index contributed by atoms with van der Waals surface area (Å²) >= 11 is 0. The molecule has 31 heavy (non-hydrogen) atoms. The van der Waals surface area contributed by atoms with Gasteiger partial charge in [-0.05, 0) is 55.8 Å². The number of amides is 3. The SMILES string of the molecule is COc1ccc(N2C(=O)CC(N3CCC(C(=O)NCc4ccccc4)CC3)C2=O)cc1. The van der Waals surface area contributed by atoms with Crippen LogP contribution < -0.4 is 15.0 Å². The van der Waals surface area contributed by atoms with Gasteiger partial charge < -0.3 is 10.1 Å². The molecule has 2 fully saturated rings. The zero-order chi connectivity index (χ0) is 21.8. The number of nitrogens with zero attached hydrogens (tertiary/aromatic N) is 2. The Morgan fingerprint density at radius 1 is 1.03 bits per heavy atom. The van der Waals surface area contributed by atoms with E-state index in [1.165, 1.54) is 4.90 Å². The number of nitrogens with one attached hydrogen (secondary N) is 1. The molecule has 2 aromatic carbocycles. The first-order chi connectivity index (χ1) is 15.1. The molecule has 0 bridgehead atoms. The summed E-state index contributed by atoms with van der Waals surface area (Å²) in [6.45, 7) is 1.78. The maximum absolute atomic E-state index is 13.0. The lowest BCUT2D eigenvalue weighted by Gasteiger charge is -2.34. The molecular formula is C24H27N3O4. The van der Waals surface area contributed by atoms with Crippen LogP contribution in [0.2, 0.25) is 0 Å². The molecule has 162 valence electrons. The van der Waals surface area contributed by atoms with Crippen LogP contribution in [0.1, 0.15) is 24.8 Å². The van der Waals surface area contributed by atoms with Crippen LogP contribution in [0.5, 0.6) is 5.75 Å². The van der Waals surface area contributed by atoms with E-state index in [1.54, 1.807) is 31.4 Å². The average molecular weight is 421 g/mol. The van der Waals surface area contributed by atoms with E-state index in [4.69, 9.17) is 4.74 Å². The monoisotopic (exact) mass is 421 g/mol. The van der Waals surface area contributed by atoms with E-state index in [0.29, 0.717) is 43.9 Å². The molecule has 0 spiro atoms. The molecule has 0 aliphatic carbocycles. The van der Waals surface area contributed by atoms with Crippen molar-refractivity contribution in [1.29, 1.82) is 0 Å². The van der Waals surface area contributed by atoms with Crippen LogP contribution >= 0.6 is 0 Å². The first-order valence-corrected chi connectivity index (χ1v) is 10.6. The number of hydrogen-bond acceptors (Lipinski definition) is 5. The van der Waals surface area contributed by atoms with E-state index < -0.39 is 6.04 Å². The van der Waals surface area contributed by atoms with E-state index in [2.05, 4.69) is 5.32 Å². The van der Waals surface area contributed by atoms with E-state index in [0.717, 1.165) is 5.56 Å². The summed E-state index contributed by atoms with van der Waals surface area (Å²) in [5.41, 5.74) is 1.63. The third kappa shape index (κ3) is 4.61. The molecule has 1 unspecified atom stereocenters. The van der Waals surface area contributed by atoms with Gasteiger partial charge >= 0.3 is 0 Å². The number of imide groups is 1. The molecular weight excluding hydrogens is 394 g/mol. The molecule has 2 saturated heterocycles. The van der Waals surface area contributed by atoms with Crippen LogP contribution in [0.25, 0.3) is 0 Å². The first-order valence-electron chi connectivity index (χ1n) is 10.6. The quantitative estimate of drug-likeness (QED) is 0.725. The smallest absolute Gasteiger partial charge is 0.251 e. The Bertz CT molecular complexity index is 937. The van der Waals surface area contributed by atoms with Crippen LogP contribution in [0, 0.1) is 5.92 Å². The van der Waals surface area contributed by atoms with Gasteiger partial charge in [0, 0.05) is 12.5 Å². The van der Waals surface area contributed by atoms with Crippen molar-refractivity contribution in [3.05, 3.63) is 60.2 Å².